The van der Waals surface area contributed by atoms with Gasteiger partial charge in [-0.05, 0) is 42.7 Å². The van der Waals surface area contributed by atoms with Crippen LogP contribution in [0.4, 0.5) is 5.82 Å². The Morgan fingerprint density at radius 1 is 1.15 bits per heavy atom. The molecule has 0 radical (unpaired) electrons. The highest BCUT2D eigenvalue weighted by Gasteiger charge is 2.23. The minimum atomic E-state index is -0.0447. The largest absolute Gasteiger partial charge is 0.381 e. The monoisotopic (exact) mass is 389 g/mol. The number of anilines is 1. The molecule has 5 nitrogen and oxygen atoms in total. The van der Waals surface area contributed by atoms with Crippen LogP contribution in [-0.2, 0) is 9.53 Å². The maximum Gasteiger partial charge on any atom is 0.228 e. The first-order valence-electron chi connectivity index (χ1n) is 8.44. The van der Waals surface area contributed by atoms with Gasteiger partial charge in [-0.15, -0.1) is 0 Å². The molecule has 0 aliphatic carbocycles. The lowest BCUT2D eigenvalue weighted by Crippen LogP contribution is -2.28. The molecule has 1 fully saturated rings. The van der Waals surface area contributed by atoms with Gasteiger partial charge in [0.15, 0.2) is 5.82 Å². The number of fused-ring (bicyclic) bond motifs is 1. The molecular formula is C19H17Cl2N3O2. The van der Waals surface area contributed by atoms with E-state index < -0.39 is 0 Å². The van der Waals surface area contributed by atoms with Gasteiger partial charge in [0.2, 0.25) is 5.91 Å². The van der Waals surface area contributed by atoms with Crippen LogP contribution < -0.4 is 5.32 Å². The number of nitrogens with one attached hydrogen (secondary N) is 2. The fourth-order valence-corrected chi connectivity index (χ4v) is 3.83. The summed E-state index contributed by atoms with van der Waals surface area (Å²) < 4.78 is 5.32. The summed E-state index contributed by atoms with van der Waals surface area (Å²) >= 11 is 12.7. The average Bonchev–Trinajstić information content (AvgIpc) is 3.04. The number of hydrogen-bond donors (Lipinski definition) is 2. The molecule has 0 bridgehead atoms. The van der Waals surface area contributed by atoms with E-state index in [4.69, 9.17) is 27.9 Å². The zero-order valence-electron chi connectivity index (χ0n) is 13.9. The fourth-order valence-electron chi connectivity index (χ4n) is 3.22. The Labute approximate surface area is 160 Å². The molecule has 2 aromatic carbocycles. The van der Waals surface area contributed by atoms with Gasteiger partial charge in [-0.3, -0.25) is 9.89 Å². The summed E-state index contributed by atoms with van der Waals surface area (Å²) in [6, 6.07) is 11.2. The highest BCUT2D eigenvalue weighted by molar-refractivity contribution is 6.39. The van der Waals surface area contributed by atoms with Gasteiger partial charge in [0.05, 0.1) is 5.52 Å². The Bertz CT molecular complexity index is 944. The number of benzene rings is 2. The Balaban J connectivity index is 1.68. The number of ether oxygens (including phenoxy) is 1. The van der Waals surface area contributed by atoms with Crippen molar-refractivity contribution in [3.05, 3.63) is 46.4 Å². The van der Waals surface area contributed by atoms with Gasteiger partial charge in [-0.2, -0.15) is 5.10 Å². The summed E-state index contributed by atoms with van der Waals surface area (Å²) in [5, 5.41) is 12.1. The number of aromatic amines is 1. The number of aromatic nitrogens is 2. The van der Waals surface area contributed by atoms with Crippen LogP contribution in [0.1, 0.15) is 12.8 Å². The number of nitrogens with zero attached hydrogens (tertiary/aromatic N) is 1. The van der Waals surface area contributed by atoms with Crippen molar-refractivity contribution in [2.45, 2.75) is 12.8 Å². The first-order chi connectivity index (χ1) is 12.6. The summed E-state index contributed by atoms with van der Waals surface area (Å²) in [4.78, 5) is 12.5. The van der Waals surface area contributed by atoms with E-state index in [1.807, 2.05) is 24.3 Å². The topological polar surface area (TPSA) is 67.0 Å². The van der Waals surface area contributed by atoms with E-state index in [0.717, 1.165) is 34.9 Å². The predicted molar refractivity (Wildman–Crippen MR) is 104 cm³/mol. The average molecular weight is 390 g/mol. The Hall–Kier alpha value is -2.08. The smallest absolute Gasteiger partial charge is 0.228 e. The van der Waals surface area contributed by atoms with Crippen molar-refractivity contribution >= 4 is 45.8 Å². The third-order valence-electron chi connectivity index (χ3n) is 4.65. The van der Waals surface area contributed by atoms with Crippen molar-refractivity contribution < 1.29 is 9.53 Å². The van der Waals surface area contributed by atoms with Crippen LogP contribution in [0.25, 0.3) is 22.0 Å². The van der Waals surface area contributed by atoms with Crippen LogP contribution in [0.3, 0.4) is 0 Å². The summed E-state index contributed by atoms with van der Waals surface area (Å²) in [7, 11) is 0. The Kier molecular flexibility index (Phi) is 4.85. The predicted octanol–water partition coefficient (Wildman–Crippen LogP) is 4.90. The molecule has 134 valence electrons. The van der Waals surface area contributed by atoms with E-state index in [1.54, 1.807) is 12.1 Å². The maximum absolute atomic E-state index is 12.5. The summed E-state index contributed by atoms with van der Waals surface area (Å²) in [6.07, 6.45) is 1.46. The van der Waals surface area contributed by atoms with E-state index >= 15 is 0 Å². The lowest BCUT2D eigenvalue weighted by molar-refractivity contribution is -0.122. The number of carbonyl (C=O) groups is 1. The van der Waals surface area contributed by atoms with Crippen molar-refractivity contribution in [1.82, 2.24) is 10.2 Å². The third-order valence-corrected chi connectivity index (χ3v) is 5.28. The normalized spacial score (nSPS) is 15.3. The molecule has 7 heteroatoms. The van der Waals surface area contributed by atoms with Crippen molar-refractivity contribution in [2.24, 2.45) is 5.92 Å². The number of halogens is 2. The van der Waals surface area contributed by atoms with Crippen LogP contribution in [0.5, 0.6) is 0 Å². The number of amides is 1. The van der Waals surface area contributed by atoms with Crippen LogP contribution >= 0.6 is 23.2 Å². The minimum Gasteiger partial charge on any atom is -0.381 e. The molecule has 0 atom stereocenters. The van der Waals surface area contributed by atoms with Crippen molar-refractivity contribution in [3.8, 4) is 11.1 Å². The van der Waals surface area contributed by atoms with Gasteiger partial charge in [0, 0.05) is 40.1 Å². The zero-order valence-corrected chi connectivity index (χ0v) is 15.4. The quantitative estimate of drug-likeness (QED) is 0.668. The third kappa shape index (κ3) is 3.30. The summed E-state index contributed by atoms with van der Waals surface area (Å²) in [6.45, 7) is 1.24. The zero-order chi connectivity index (χ0) is 18.1. The van der Waals surface area contributed by atoms with Gasteiger partial charge in [0.25, 0.3) is 0 Å². The molecule has 0 saturated carbocycles. The molecule has 3 aromatic rings. The number of hydrogen-bond acceptors (Lipinski definition) is 3. The second-order valence-corrected chi connectivity index (χ2v) is 7.12. The van der Waals surface area contributed by atoms with E-state index in [9.17, 15) is 4.79 Å². The van der Waals surface area contributed by atoms with Crippen LogP contribution in [0, 0.1) is 5.92 Å². The van der Waals surface area contributed by atoms with Gasteiger partial charge >= 0.3 is 0 Å². The highest BCUT2D eigenvalue weighted by Crippen LogP contribution is 2.36. The first kappa shape index (κ1) is 17.3. The van der Waals surface area contributed by atoms with Gasteiger partial charge in [0.1, 0.15) is 0 Å². The lowest BCUT2D eigenvalue weighted by atomic mass is 9.99. The van der Waals surface area contributed by atoms with Gasteiger partial charge in [-0.25, -0.2) is 0 Å². The molecule has 1 aliphatic rings. The SMILES string of the molecule is O=C(Nc1n[nH]c2ccc(-c3c(Cl)cccc3Cl)cc12)C1CCOCC1. The molecule has 2 heterocycles. The number of carbonyl (C=O) groups excluding carboxylic acids is 1. The van der Waals surface area contributed by atoms with Gasteiger partial charge in [-0.1, -0.05) is 35.3 Å². The molecule has 1 aliphatic heterocycles. The second kappa shape index (κ2) is 7.27. The highest BCUT2D eigenvalue weighted by atomic mass is 35.5. The van der Waals surface area contributed by atoms with Crippen LogP contribution in [0.15, 0.2) is 36.4 Å². The molecule has 0 spiro atoms. The molecule has 26 heavy (non-hydrogen) atoms. The van der Waals surface area contributed by atoms with Crippen molar-refractivity contribution in [1.29, 1.82) is 0 Å². The molecule has 4 rings (SSSR count). The van der Waals surface area contributed by atoms with E-state index in [1.165, 1.54) is 0 Å². The minimum absolute atomic E-state index is 0.0251. The molecular weight excluding hydrogens is 373 g/mol. The molecule has 1 saturated heterocycles. The number of rotatable bonds is 3. The molecule has 2 N–H and O–H groups in total. The lowest BCUT2D eigenvalue weighted by Gasteiger charge is -2.20. The van der Waals surface area contributed by atoms with Gasteiger partial charge < -0.3 is 10.1 Å². The van der Waals surface area contributed by atoms with E-state index in [0.29, 0.717) is 29.1 Å². The van der Waals surface area contributed by atoms with Crippen molar-refractivity contribution in [2.75, 3.05) is 18.5 Å². The fraction of sp³-hybridized carbons (Fsp3) is 0.263. The Morgan fingerprint density at radius 3 is 2.62 bits per heavy atom. The first-order valence-corrected chi connectivity index (χ1v) is 9.20. The second-order valence-electron chi connectivity index (χ2n) is 6.31. The maximum atomic E-state index is 12.5. The van der Waals surface area contributed by atoms with E-state index in [-0.39, 0.29) is 11.8 Å². The Morgan fingerprint density at radius 2 is 1.88 bits per heavy atom. The van der Waals surface area contributed by atoms with Crippen LogP contribution in [-0.4, -0.2) is 29.3 Å². The van der Waals surface area contributed by atoms with E-state index in [2.05, 4.69) is 15.5 Å². The summed E-state index contributed by atoms with van der Waals surface area (Å²) in [5.41, 5.74) is 2.47. The standard InChI is InChI=1S/C19H17Cl2N3O2/c20-14-2-1-3-15(21)17(14)12-4-5-16-13(10-12)18(24-23-16)22-19(25)11-6-8-26-9-7-11/h1-5,10-11H,6-9H2,(H2,22,23,24,25). The van der Waals surface area contributed by atoms with Crippen LogP contribution in [0.2, 0.25) is 10.0 Å². The van der Waals surface area contributed by atoms with Crippen molar-refractivity contribution in [3.63, 3.8) is 0 Å². The number of H-pyrrole nitrogens is 1. The molecule has 0 unspecified atom stereocenters. The molecule has 1 amide bonds. The summed E-state index contributed by atoms with van der Waals surface area (Å²) in [5.74, 6) is 0.445. The molecule has 1 aromatic heterocycles.